The number of aliphatic hydroxyl groups is 1. The Balaban J connectivity index is 2.64. The van der Waals surface area contributed by atoms with Gasteiger partial charge in [0.1, 0.15) is 0 Å². The van der Waals surface area contributed by atoms with E-state index in [1.54, 1.807) is 0 Å². The first-order valence-electron chi connectivity index (χ1n) is 6.94. The summed E-state index contributed by atoms with van der Waals surface area (Å²) in [5.74, 6) is 0. The van der Waals surface area contributed by atoms with Gasteiger partial charge in [-0.05, 0) is 63.8 Å². The molecule has 0 radical (unpaired) electrons. The summed E-state index contributed by atoms with van der Waals surface area (Å²) >= 11 is 0. The zero-order chi connectivity index (χ0) is 13.7. The van der Waals surface area contributed by atoms with Gasteiger partial charge in [-0.15, -0.1) is 0 Å². The maximum absolute atomic E-state index is 9.55. The third-order valence-electron chi connectivity index (χ3n) is 3.57. The predicted molar refractivity (Wildman–Crippen MR) is 78.0 cm³/mol. The first-order valence-corrected chi connectivity index (χ1v) is 6.94. The van der Waals surface area contributed by atoms with Crippen LogP contribution in [0.3, 0.4) is 0 Å². The smallest absolute Gasteiger partial charge is 0.0549 e. The van der Waals surface area contributed by atoms with Gasteiger partial charge in [0.25, 0.3) is 0 Å². The van der Waals surface area contributed by atoms with Crippen molar-refractivity contribution in [3.63, 3.8) is 0 Å². The van der Waals surface area contributed by atoms with Gasteiger partial charge in [0, 0.05) is 6.04 Å². The van der Waals surface area contributed by atoms with Crippen molar-refractivity contribution in [2.75, 3.05) is 6.54 Å². The van der Waals surface area contributed by atoms with Gasteiger partial charge in [-0.25, -0.2) is 0 Å². The second-order valence-electron chi connectivity index (χ2n) is 5.34. The molecule has 0 amide bonds. The molecule has 0 saturated carbocycles. The minimum Gasteiger partial charge on any atom is -0.393 e. The fourth-order valence-corrected chi connectivity index (χ4v) is 2.65. The number of rotatable bonds is 6. The van der Waals surface area contributed by atoms with Gasteiger partial charge in [-0.1, -0.05) is 24.6 Å². The Kier molecular flexibility index (Phi) is 5.83. The van der Waals surface area contributed by atoms with E-state index in [0.717, 1.165) is 19.4 Å². The molecule has 102 valence electrons. The highest BCUT2D eigenvalue weighted by Crippen LogP contribution is 2.23. The molecule has 0 saturated heterocycles. The zero-order valence-corrected chi connectivity index (χ0v) is 12.4. The van der Waals surface area contributed by atoms with Crippen LogP contribution in [0.1, 0.15) is 55.0 Å². The number of aliphatic hydroxyl groups excluding tert-OH is 1. The Labute approximate surface area is 111 Å². The van der Waals surface area contributed by atoms with Crippen LogP contribution in [0.25, 0.3) is 0 Å². The van der Waals surface area contributed by atoms with Crippen molar-refractivity contribution in [3.05, 3.63) is 34.4 Å². The molecule has 1 aromatic rings. The fraction of sp³-hybridized carbons (Fsp3) is 0.625. The lowest BCUT2D eigenvalue weighted by molar-refractivity contribution is 0.159. The zero-order valence-electron chi connectivity index (χ0n) is 12.4. The van der Waals surface area contributed by atoms with Gasteiger partial charge in [0.2, 0.25) is 0 Å². The van der Waals surface area contributed by atoms with Crippen molar-refractivity contribution in [1.82, 2.24) is 5.32 Å². The molecule has 0 aliphatic rings. The fourth-order valence-electron chi connectivity index (χ4n) is 2.65. The molecule has 0 bridgehead atoms. The summed E-state index contributed by atoms with van der Waals surface area (Å²) in [6.07, 6.45) is 1.48. The van der Waals surface area contributed by atoms with E-state index in [2.05, 4.69) is 45.1 Å². The number of benzene rings is 1. The van der Waals surface area contributed by atoms with Crippen LogP contribution in [0.15, 0.2) is 12.1 Å². The van der Waals surface area contributed by atoms with Crippen molar-refractivity contribution < 1.29 is 5.11 Å². The highest BCUT2D eigenvalue weighted by molar-refractivity contribution is 5.39. The van der Waals surface area contributed by atoms with Gasteiger partial charge in [0.15, 0.2) is 0 Å². The Hall–Kier alpha value is -0.860. The molecule has 2 N–H and O–H groups in total. The molecule has 2 unspecified atom stereocenters. The van der Waals surface area contributed by atoms with Crippen LogP contribution in [0, 0.1) is 20.8 Å². The van der Waals surface area contributed by atoms with Crippen molar-refractivity contribution in [2.45, 2.75) is 59.6 Å². The van der Waals surface area contributed by atoms with E-state index >= 15 is 0 Å². The molecule has 0 heterocycles. The predicted octanol–water partition coefficient (Wildman–Crippen LogP) is 3.42. The molecule has 0 aliphatic carbocycles. The lowest BCUT2D eigenvalue weighted by Crippen LogP contribution is -2.24. The summed E-state index contributed by atoms with van der Waals surface area (Å²) < 4.78 is 0. The summed E-state index contributed by atoms with van der Waals surface area (Å²) in [4.78, 5) is 0. The second kappa shape index (κ2) is 6.91. The molecule has 0 aliphatic heterocycles. The normalized spacial score (nSPS) is 14.6. The van der Waals surface area contributed by atoms with Crippen molar-refractivity contribution in [2.24, 2.45) is 0 Å². The summed E-state index contributed by atoms with van der Waals surface area (Å²) in [6.45, 7) is 11.6. The Morgan fingerprint density at radius 2 is 1.72 bits per heavy atom. The Morgan fingerprint density at radius 1 is 1.17 bits per heavy atom. The lowest BCUT2D eigenvalue weighted by atomic mass is 9.95. The largest absolute Gasteiger partial charge is 0.393 e. The van der Waals surface area contributed by atoms with Crippen LogP contribution in [0.5, 0.6) is 0 Å². The maximum Gasteiger partial charge on any atom is 0.0549 e. The molecular formula is C16H27NO. The van der Waals surface area contributed by atoms with Crippen LogP contribution in [0.4, 0.5) is 0 Å². The van der Waals surface area contributed by atoms with E-state index in [1.807, 2.05) is 6.92 Å². The number of nitrogens with one attached hydrogen (secondary N) is 1. The van der Waals surface area contributed by atoms with Gasteiger partial charge in [-0.2, -0.15) is 0 Å². The van der Waals surface area contributed by atoms with Crippen LogP contribution < -0.4 is 5.32 Å². The van der Waals surface area contributed by atoms with E-state index in [-0.39, 0.29) is 6.10 Å². The average molecular weight is 249 g/mol. The molecular weight excluding hydrogens is 222 g/mol. The minimum atomic E-state index is -0.176. The summed E-state index contributed by atoms with van der Waals surface area (Å²) in [7, 11) is 0. The van der Waals surface area contributed by atoms with Crippen LogP contribution >= 0.6 is 0 Å². The van der Waals surface area contributed by atoms with Gasteiger partial charge < -0.3 is 10.4 Å². The average Bonchev–Trinajstić information content (AvgIpc) is 2.27. The SMILES string of the molecule is CCC(O)CCNC(C)c1c(C)cc(C)cc1C. The molecule has 0 spiro atoms. The van der Waals surface area contributed by atoms with Crippen molar-refractivity contribution in [1.29, 1.82) is 0 Å². The van der Waals surface area contributed by atoms with Crippen LogP contribution in [-0.2, 0) is 0 Å². The summed E-state index contributed by atoms with van der Waals surface area (Å²) in [5.41, 5.74) is 5.42. The van der Waals surface area contributed by atoms with Crippen LogP contribution in [-0.4, -0.2) is 17.8 Å². The topological polar surface area (TPSA) is 32.3 Å². The highest BCUT2D eigenvalue weighted by atomic mass is 16.3. The monoisotopic (exact) mass is 249 g/mol. The standard InChI is InChI=1S/C16H27NO/c1-6-15(18)7-8-17-14(5)16-12(3)9-11(2)10-13(16)4/h9-10,14-15,17-18H,6-8H2,1-5H3. The van der Waals surface area contributed by atoms with E-state index in [4.69, 9.17) is 0 Å². The first kappa shape index (κ1) is 15.2. The van der Waals surface area contributed by atoms with Gasteiger partial charge in [0.05, 0.1) is 6.10 Å². The molecule has 2 heteroatoms. The summed E-state index contributed by atoms with van der Waals surface area (Å²) in [6, 6.07) is 4.82. The third kappa shape index (κ3) is 4.11. The van der Waals surface area contributed by atoms with Gasteiger partial charge >= 0.3 is 0 Å². The number of hydrogen-bond donors (Lipinski definition) is 2. The van der Waals surface area contributed by atoms with E-state index in [9.17, 15) is 5.11 Å². The quantitative estimate of drug-likeness (QED) is 0.809. The van der Waals surface area contributed by atoms with E-state index in [0.29, 0.717) is 6.04 Å². The molecule has 18 heavy (non-hydrogen) atoms. The van der Waals surface area contributed by atoms with Crippen molar-refractivity contribution >= 4 is 0 Å². The summed E-state index contributed by atoms with van der Waals surface area (Å²) in [5, 5.41) is 13.1. The lowest BCUT2D eigenvalue weighted by Gasteiger charge is -2.20. The first-order chi connectivity index (χ1) is 8.45. The van der Waals surface area contributed by atoms with E-state index < -0.39 is 0 Å². The molecule has 1 rings (SSSR count). The second-order valence-corrected chi connectivity index (χ2v) is 5.34. The number of aryl methyl sites for hydroxylation is 3. The Bertz CT molecular complexity index is 364. The van der Waals surface area contributed by atoms with Gasteiger partial charge in [-0.3, -0.25) is 0 Å². The maximum atomic E-state index is 9.55. The van der Waals surface area contributed by atoms with Crippen molar-refractivity contribution in [3.8, 4) is 0 Å². The Morgan fingerprint density at radius 3 is 2.22 bits per heavy atom. The van der Waals surface area contributed by atoms with Crippen LogP contribution in [0.2, 0.25) is 0 Å². The third-order valence-corrected chi connectivity index (χ3v) is 3.57. The molecule has 0 aromatic heterocycles. The highest BCUT2D eigenvalue weighted by Gasteiger charge is 2.11. The molecule has 0 fully saturated rings. The molecule has 1 aromatic carbocycles. The molecule has 2 nitrogen and oxygen atoms in total. The molecule has 2 atom stereocenters. The number of hydrogen-bond acceptors (Lipinski definition) is 2. The minimum absolute atomic E-state index is 0.176. The van der Waals surface area contributed by atoms with E-state index in [1.165, 1.54) is 22.3 Å².